The smallest absolute Gasteiger partial charge is 0.269 e. The van der Waals surface area contributed by atoms with Gasteiger partial charge in [-0.1, -0.05) is 19.1 Å². The van der Waals surface area contributed by atoms with Gasteiger partial charge in [-0.15, -0.1) is 0 Å². The average Bonchev–Trinajstić information content (AvgIpc) is 2.96. The predicted molar refractivity (Wildman–Crippen MR) is 87.3 cm³/mol. The van der Waals surface area contributed by atoms with Crippen LogP contribution in [0, 0.1) is 5.82 Å². The van der Waals surface area contributed by atoms with Crippen LogP contribution >= 0.6 is 0 Å². The molecule has 24 heavy (non-hydrogen) atoms. The van der Waals surface area contributed by atoms with Crippen LogP contribution in [0.5, 0.6) is 5.75 Å². The lowest BCUT2D eigenvalue weighted by atomic mass is 10.2. The van der Waals surface area contributed by atoms with E-state index in [1.807, 2.05) is 13.8 Å². The van der Waals surface area contributed by atoms with E-state index in [2.05, 4.69) is 10.4 Å². The van der Waals surface area contributed by atoms with Gasteiger partial charge in [-0.2, -0.15) is 5.10 Å². The molecule has 0 fully saturated rings. The molecule has 1 N–H and O–H groups in total. The Kier molecular flexibility index (Phi) is 6.31. The molecule has 0 saturated carbocycles. The van der Waals surface area contributed by atoms with Crippen LogP contribution in [0.1, 0.15) is 35.6 Å². The van der Waals surface area contributed by atoms with Crippen molar-refractivity contribution in [3.8, 4) is 5.75 Å². The molecule has 2 rings (SSSR count). The fourth-order valence-corrected chi connectivity index (χ4v) is 2.17. The Balaban J connectivity index is 2.02. The normalized spacial score (nSPS) is 10.7. The number of carbonyl (C=O) groups is 1. The first-order chi connectivity index (χ1) is 11.6. The second kappa shape index (κ2) is 8.44. The number of ether oxygens (including phenoxy) is 2. The minimum absolute atomic E-state index is 0.0158. The fourth-order valence-electron chi connectivity index (χ4n) is 2.17. The average molecular weight is 335 g/mol. The summed E-state index contributed by atoms with van der Waals surface area (Å²) >= 11 is 0. The molecule has 0 aliphatic heterocycles. The molecule has 6 nitrogen and oxygen atoms in total. The molecule has 0 bridgehead atoms. The van der Waals surface area contributed by atoms with Crippen LogP contribution in [0.2, 0.25) is 0 Å². The highest BCUT2D eigenvalue weighted by molar-refractivity contribution is 5.92. The Labute approximate surface area is 140 Å². The Morgan fingerprint density at radius 2 is 2.17 bits per heavy atom. The highest BCUT2D eigenvalue weighted by atomic mass is 19.1. The van der Waals surface area contributed by atoms with Crippen LogP contribution in [-0.2, 0) is 24.8 Å². The summed E-state index contributed by atoms with van der Waals surface area (Å²) in [6, 6.07) is 6.52. The van der Waals surface area contributed by atoms with Crippen molar-refractivity contribution in [2.45, 2.75) is 26.8 Å². The molecule has 2 aromatic rings. The van der Waals surface area contributed by atoms with Crippen molar-refractivity contribution in [1.82, 2.24) is 15.1 Å². The monoisotopic (exact) mass is 335 g/mol. The van der Waals surface area contributed by atoms with Crippen LogP contribution in [0.3, 0.4) is 0 Å². The molecule has 0 spiro atoms. The van der Waals surface area contributed by atoms with E-state index in [4.69, 9.17) is 9.47 Å². The SMILES string of the molecule is CCOCOc1cccc(CNC(=O)c2cc(CC)nn2C)c1F. The number of benzene rings is 1. The number of hydrogen-bond acceptors (Lipinski definition) is 4. The fraction of sp³-hybridized carbons (Fsp3) is 0.412. The van der Waals surface area contributed by atoms with Crippen LogP contribution in [-0.4, -0.2) is 29.1 Å². The summed E-state index contributed by atoms with van der Waals surface area (Å²) in [7, 11) is 1.71. The van der Waals surface area contributed by atoms with Gasteiger partial charge in [-0.05, 0) is 25.5 Å². The van der Waals surface area contributed by atoms with Crippen molar-refractivity contribution in [3.63, 3.8) is 0 Å². The Hall–Kier alpha value is -2.41. The van der Waals surface area contributed by atoms with Crippen molar-refractivity contribution >= 4 is 5.91 Å². The highest BCUT2D eigenvalue weighted by Gasteiger charge is 2.14. The molecule has 1 aromatic heterocycles. The molecule has 0 unspecified atom stereocenters. The third-order valence-corrected chi connectivity index (χ3v) is 3.51. The molecule has 1 heterocycles. The van der Waals surface area contributed by atoms with E-state index in [1.54, 1.807) is 25.2 Å². The molecule has 1 amide bonds. The molecule has 0 atom stereocenters. The van der Waals surface area contributed by atoms with E-state index in [0.29, 0.717) is 17.9 Å². The molecular weight excluding hydrogens is 313 g/mol. The van der Waals surface area contributed by atoms with E-state index in [1.165, 1.54) is 10.7 Å². The largest absolute Gasteiger partial charge is 0.464 e. The number of halogens is 1. The Morgan fingerprint density at radius 1 is 1.38 bits per heavy atom. The second-order valence-corrected chi connectivity index (χ2v) is 5.16. The first-order valence-corrected chi connectivity index (χ1v) is 7.85. The van der Waals surface area contributed by atoms with E-state index in [9.17, 15) is 9.18 Å². The summed E-state index contributed by atoms with van der Waals surface area (Å²) in [6.45, 7) is 4.32. The van der Waals surface area contributed by atoms with Crippen molar-refractivity contribution < 1.29 is 18.7 Å². The van der Waals surface area contributed by atoms with Gasteiger partial charge in [0.25, 0.3) is 5.91 Å². The van der Waals surface area contributed by atoms with E-state index >= 15 is 0 Å². The maximum absolute atomic E-state index is 14.3. The van der Waals surface area contributed by atoms with Gasteiger partial charge in [0.1, 0.15) is 5.69 Å². The molecule has 7 heteroatoms. The number of hydrogen-bond donors (Lipinski definition) is 1. The van der Waals surface area contributed by atoms with Crippen LogP contribution < -0.4 is 10.1 Å². The number of carbonyl (C=O) groups excluding carboxylic acids is 1. The summed E-state index contributed by atoms with van der Waals surface area (Å²) in [5, 5.41) is 6.93. The Bertz CT molecular complexity index is 700. The number of rotatable bonds is 8. The maximum Gasteiger partial charge on any atom is 0.269 e. The lowest BCUT2D eigenvalue weighted by molar-refractivity contribution is 0.0200. The van der Waals surface area contributed by atoms with Gasteiger partial charge in [0.15, 0.2) is 18.4 Å². The van der Waals surface area contributed by atoms with Gasteiger partial charge in [0.05, 0.1) is 5.69 Å². The molecule has 0 aliphatic rings. The standard InChI is InChI=1S/C17H22FN3O3/c1-4-13-9-14(21(3)20-13)17(22)19-10-12-7-6-8-15(16(12)18)24-11-23-5-2/h6-9H,4-5,10-11H2,1-3H3,(H,19,22). The first kappa shape index (κ1) is 17.9. The summed E-state index contributed by atoms with van der Waals surface area (Å²) in [4.78, 5) is 12.2. The summed E-state index contributed by atoms with van der Waals surface area (Å²) in [6.07, 6.45) is 0.745. The third-order valence-electron chi connectivity index (χ3n) is 3.51. The lowest BCUT2D eigenvalue weighted by Gasteiger charge is -2.11. The lowest BCUT2D eigenvalue weighted by Crippen LogP contribution is -2.25. The van der Waals surface area contributed by atoms with Gasteiger partial charge in [-0.25, -0.2) is 4.39 Å². The van der Waals surface area contributed by atoms with Gasteiger partial charge in [0.2, 0.25) is 0 Å². The van der Waals surface area contributed by atoms with Crippen molar-refractivity contribution in [2.75, 3.05) is 13.4 Å². The summed E-state index contributed by atoms with van der Waals surface area (Å²) in [5.41, 5.74) is 1.62. The van der Waals surface area contributed by atoms with Crippen LogP contribution in [0.15, 0.2) is 24.3 Å². The molecule has 0 aliphatic carbocycles. The number of amides is 1. The van der Waals surface area contributed by atoms with Gasteiger partial charge < -0.3 is 14.8 Å². The van der Waals surface area contributed by atoms with Crippen molar-refractivity contribution in [1.29, 1.82) is 0 Å². The molecule has 0 radical (unpaired) electrons. The van der Waals surface area contributed by atoms with Gasteiger partial charge in [0, 0.05) is 25.8 Å². The quantitative estimate of drug-likeness (QED) is 0.594. The number of aromatic nitrogens is 2. The van der Waals surface area contributed by atoms with Crippen molar-refractivity contribution in [2.24, 2.45) is 7.05 Å². The number of nitrogens with one attached hydrogen (secondary N) is 1. The number of nitrogens with zero attached hydrogens (tertiary/aromatic N) is 2. The zero-order valence-corrected chi connectivity index (χ0v) is 14.1. The molecule has 0 saturated heterocycles. The summed E-state index contributed by atoms with van der Waals surface area (Å²) < 4.78 is 26.1. The van der Waals surface area contributed by atoms with E-state index in [-0.39, 0.29) is 25.0 Å². The van der Waals surface area contributed by atoms with Crippen LogP contribution in [0.4, 0.5) is 4.39 Å². The third kappa shape index (κ3) is 4.32. The molecular formula is C17H22FN3O3. The first-order valence-electron chi connectivity index (χ1n) is 7.85. The van der Waals surface area contributed by atoms with Gasteiger partial charge >= 0.3 is 0 Å². The Morgan fingerprint density at radius 3 is 2.83 bits per heavy atom. The number of aryl methyl sites for hydroxylation is 2. The van der Waals surface area contributed by atoms with Crippen molar-refractivity contribution in [3.05, 3.63) is 47.0 Å². The highest BCUT2D eigenvalue weighted by Crippen LogP contribution is 2.20. The molecule has 130 valence electrons. The van der Waals surface area contributed by atoms with Gasteiger partial charge in [-0.3, -0.25) is 9.48 Å². The molecule has 1 aromatic carbocycles. The van der Waals surface area contributed by atoms with E-state index < -0.39 is 5.82 Å². The predicted octanol–water partition coefficient (Wildman–Crippen LogP) is 2.42. The zero-order chi connectivity index (χ0) is 17.5. The minimum atomic E-state index is -0.503. The minimum Gasteiger partial charge on any atom is -0.464 e. The zero-order valence-electron chi connectivity index (χ0n) is 14.1. The summed E-state index contributed by atoms with van der Waals surface area (Å²) in [5.74, 6) is -0.703. The van der Waals surface area contributed by atoms with E-state index in [0.717, 1.165) is 12.1 Å². The van der Waals surface area contributed by atoms with Crippen LogP contribution in [0.25, 0.3) is 0 Å². The topological polar surface area (TPSA) is 65.4 Å². The second-order valence-electron chi connectivity index (χ2n) is 5.16. The maximum atomic E-state index is 14.3.